The van der Waals surface area contributed by atoms with E-state index in [0.29, 0.717) is 0 Å². The maximum atomic E-state index is 9.66. The van der Waals surface area contributed by atoms with E-state index in [1.54, 1.807) is 0 Å². The molecule has 1 unspecified atom stereocenters. The fourth-order valence-electron chi connectivity index (χ4n) is 0.0745. The minimum atomic E-state index is -1.21. The molecule has 0 spiro atoms. The van der Waals surface area contributed by atoms with Crippen LogP contribution < -0.4 is 5.11 Å². The van der Waals surface area contributed by atoms with E-state index in [-0.39, 0.29) is 6.61 Å². The van der Waals surface area contributed by atoms with Gasteiger partial charge < -0.3 is 15.0 Å². The number of rotatable bonds is 2. The number of carboxylic acid groups (broad SMARTS) is 1. The average molecular weight is 103 g/mol. The van der Waals surface area contributed by atoms with Crippen molar-refractivity contribution in [3.63, 3.8) is 0 Å². The van der Waals surface area contributed by atoms with Gasteiger partial charge in [0.25, 0.3) is 0 Å². The Morgan fingerprint density at radius 2 is 2.43 bits per heavy atom. The third kappa shape index (κ3) is 2.17. The zero-order valence-electron chi connectivity index (χ0n) is 4.05. The topological polar surface area (TPSA) is 60.4 Å². The van der Waals surface area contributed by atoms with E-state index in [1.165, 1.54) is 6.92 Å². The predicted octanol–water partition coefficient (Wildman–Crippen LogP) is -1.64. The quantitative estimate of drug-likeness (QED) is 0.456. The largest absolute Gasteiger partial charge is 0.550 e. The Morgan fingerprint density at radius 3 is 2.43 bits per heavy atom. The van der Waals surface area contributed by atoms with E-state index in [4.69, 9.17) is 5.11 Å². The van der Waals surface area contributed by atoms with Crippen LogP contribution in [0.25, 0.3) is 0 Å². The number of carboxylic acids is 1. The maximum Gasteiger partial charge on any atom is 0.0508 e. The molecule has 1 atom stereocenters. The first-order chi connectivity index (χ1) is 3.18. The number of hydrogen-bond donors (Lipinski definition) is 1. The van der Waals surface area contributed by atoms with Crippen LogP contribution in [0.15, 0.2) is 0 Å². The smallest absolute Gasteiger partial charge is 0.0508 e. The van der Waals surface area contributed by atoms with Crippen LogP contribution in [0.3, 0.4) is 0 Å². The molecule has 0 radical (unpaired) electrons. The summed E-state index contributed by atoms with van der Waals surface area (Å²) in [6.45, 7) is 1.04. The zero-order chi connectivity index (χ0) is 5.86. The summed E-state index contributed by atoms with van der Waals surface area (Å²) in [6.07, 6.45) is 0. The van der Waals surface area contributed by atoms with Crippen molar-refractivity contribution in [2.75, 3.05) is 6.61 Å². The third-order valence-corrected chi connectivity index (χ3v) is 0.676. The van der Waals surface area contributed by atoms with Crippen LogP contribution in [0, 0.1) is 5.92 Å². The molecule has 0 bridgehead atoms. The highest BCUT2D eigenvalue weighted by atomic mass is 16.4. The minimum absolute atomic E-state index is 0.345. The first kappa shape index (κ1) is 6.43. The van der Waals surface area contributed by atoms with Crippen LogP contribution in [0.2, 0.25) is 0 Å². The van der Waals surface area contributed by atoms with Gasteiger partial charge in [-0.05, 0) is 0 Å². The summed E-state index contributed by atoms with van der Waals surface area (Å²) in [5.41, 5.74) is 0. The number of hydrogen-bond acceptors (Lipinski definition) is 3. The Kier molecular flexibility index (Phi) is 2.37. The van der Waals surface area contributed by atoms with Crippen molar-refractivity contribution in [2.45, 2.75) is 6.92 Å². The fourth-order valence-corrected chi connectivity index (χ4v) is 0.0745. The number of aliphatic hydroxyl groups excluding tert-OH is 1. The van der Waals surface area contributed by atoms with Gasteiger partial charge in [0.15, 0.2) is 0 Å². The van der Waals surface area contributed by atoms with Gasteiger partial charge in [0.05, 0.1) is 6.61 Å². The molecular weight excluding hydrogens is 96.0 g/mol. The normalized spacial score (nSPS) is 13.4. The van der Waals surface area contributed by atoms with Gasteiger partial charge in [-0.3, -0.25) is 0 Å². The number of carbonyl (C=O) groups is 1. The van der Waals surface area contributed by atoms with Crippen molar-refractivity contribution in [2.24, 2.45) is 5.92 Å². The van der Waals surface area contributed by atoms with Crippen LogP contribution in [0.5, 0.6) is 0 Å². The lowest BCUT2D eigenvalue weighted by Gasteiger charge is -2.05. The molecule has 3 nitrogen and oxygen atoms in total. The molecule has 0 aromatic carbocycles. The van der Waals surface area contributed by atoms with Crippen LogP contribution in [-0.2, 0) is 4.79 Å². The highest BCUT2D eigenvalue weighted by Gasteiger charge is 1.96. The first-order valence-electron chi connectivity index (χ1n) is 2.00. The second-order valence-corrected chi connectivity index (χ2v) is 1.40. The monoisotopic (exact) mass is 103 g/mol. The van der Waals surface area contributed by atoms with Crippen LogP contribution in [0.4, 0.5) is 0 Å². The van der Waals surface area contributed by atoms with Crippen LogP contribution in [-0.4, -0.2) is 17.7 Å². The second kappa shape index (κ2) is 2.58. The molecule has 0 rings (SSSR count). The summed E-state index contributed by atoms with van der Waals surface area (Å²) >= 11 is 0. The molecule has 0 aliphatic carbocycles. The summed E-state index contributed by atoms with van der Waals surface area (Å²) in [4.78, 5) is 9.66. The number of aliphatic hydroxyl groups is 1. The Balaban J connectivity index is 3.34. The molecule has 0 heterocycles. The van der Waals surface area contributed by atoms with Crippen molar-refractivity contribution in [1.29, 1.82) is 0 Å². The molecule has 0 aromatic heterocycles. The van der Waals surface area contributed by atoms with Gasteiger partial charge in [0, 0.05) is 11.9 Å². The van der Waals surface area contributed by atoms with Crippen molar-refractivity contribution in [3.8, 4) is 0 Å². The van der Waals surface area contributed by atoms with Gasteiger partial charge in [0.2, 0.25) is 0 Å². The van der Waals surface area contributed by atoms with E-state index in [0.717, 1.165) is 0 Å². The van der Waals surface area contributed by atoms with Gasteiger partial charge >= 0.3 is 0 Å². The highest BCUT2D eigenvalue weighted by molar-refractivity contribution is 5.67. The lowest BCUT2D eigenvalue weighted by molar-refractivity contribution is -0.311. The van der Waals surface area contributed by atoms with Crippen molar-refractivity contribution >= 4 is 5.97 Å². The molecular formula is C4H7O3-. The van der Waals surface area contributed by atoms with E-state index >= 15 is 0 Å². The molecule has 0 aromatic rings. The lowest BCUT2D eigenvalue weighted by Crippen LogP contribution is -2.31. The van der Waals surface area contributed by atoms with Gasteiger partial charge in [-0.1, -0.05) is 6.92 Å². The predicted molar refractivity (Wildman–Crippen MR) is 21.3 cm³/mol. The summed E-state index contributed by atoms with van der Waals surface area (Å²) in [7, 11) is 0. The Morgan fingerprint density at radius 1 is 2.00 bits per heavy atom. The Hall–Kier alpha value is -0.570. The fraction of sp³-hybridized carbons (Fsp3) is 0.750. The molecule has 0 aliphatic heterocycles. The van der Waals surface area contributed by atoms with Gasteiger partial charge in [-0.15, -0.1) is 0 Å². The van der Waals surface area contributed by atoms with Crippen LogP contribution in [0.1, 0.15) is 6.92 Å². The van der Waals surface area contributed by atoms with Crippen molar-refractivity contribution in [1.82, 2.24) is 0 Å². The molecule has 1 N–H and O–H groups in total. The average Bonchev–Trinajstić information content (AvgIpc) is 1.65. The van der Waals surface area contributed by atoms with Gasteiger partial charge in [0.1, 0.15) is 0 Å². The van der Waals surface area contributed by atoms with Crippen LogP contribution >= 0.6 is 0 Å². The molecule has 0 fully saturated rings. The Labute approximate surface area is 41.6 Å². The Bertz CT molecular complexity index is 69.3. The molecule has 3 heteroatoms. The molecule has 0 aliphatic rings. The SMILES string of the molecule is CC(CO)C(=O)[O-]. The standard InChI is InChI=1S/C4H8O3/c1-3(2-5)4(6)7/h3,5H,2H2,1H3,(H,6,7)/p-1. The number of aliphatic carboxylic acids is 1. The van der Waals surface area contributed by atoms with Crippen molar-refractivity contribution < 1.29 is 15.0 Å². The van der Waals surface area contributed by atoms with E-state index in [1.807, 2.05) is 0 Å². The summed E-state index contributed by atoms with van der Waals surface area (Å²) in [5, 5.41) is 17.7. The van der Waals surface area contributed by atoms with E-state index in [2.05, 4.69) is 0 Å². The lowest BCUT2D eigenvalue weighted by atomic mass is 10.2. The highest BCUT2D eigenvalue weighted by Crippen LogP contribution is 1.86. The van der Waals surface area contributed by atoms with Crippen molar-refractivity contribution in [3.05, 3.63) is 0 Å². The first-order valence-corrected chi connectivity index (χ1v) is 2.00. The molecule has 0 amide bonds. The zero-order valence-corrected chi connectivity index (χ0v) is 4.05. The maximum absolute atomic E-state index is 9.66. The third-order valence-electron chi connectivity index (χ3n) is 0.676. The van der Waals surface area contributed by atoms with Gasteiger partial charge in [-0.2, -0.15) is 0 Å². The second-order valence-electron chi connectivity index (χ2n) is 1.40. The number of carbonyl (C=O) groups excluding carboxylic acids is 1. The summed E-state index contributed by atoms with van der Waals surface area (Å²) in [5.74, 6) is -1.94. The molecule has 42 valence electrons. The van der Waals surface area contributed by atoms with E-state index < -0.39 is 11.9 Å². The molecule has 7 heavy (non-hydrogen) atoms. The molecule has 0 saturated carbocycles. The van der Waals surface area contributed by atoms with Gasteiger partial charge in [-0.25, -0.2) is 0 Å². The minimum Gasteiger partial charge on any atom is -0.550 e. The molecule has 0 saturated heterocycles. The van der Waals surface area contributed by atoms with E-state index in [9.17, 15) is 9.90 Å². The summed E-state index contributed by atoms with van der Waals surface area (Å²) in [6, 6.07) is 0. The summed E-state index contributed by atoms with van der Waals surface area (Å²) < 4.78 is 0.